The van der Waals surface area contributed by atoms with Crippen LogP contribution in [0.4, 0.5) is 0 Å². The number of carbonyl (C=O) groups is 1. The maximum Gasteiger partial charge on any atom is 0.369 e. The number of carbonyl (C=O) groups excluding carboxylic acids is 1. The molecule has 4 rings (SSSR count). The molecule has 0 spiro atoms. The molecule has 1 N–H and O–H groups in total. The van der Waals surface area contributed by atoms with Crippen molar-refractivity contribution in [3.05, 3.63) is 63.4 Å². The van der Waals surface area contributed by atoms with Crippen LogP contribution in [-0.4, -0.2) is 25.7 Å². The second kappa shape index (κ2) is 6.64. The average molecular weight is 355 g/mol. The maximum absolute atomic E-state index is 12.4. The lowest BCUT2D eigenvalue weighted by Crippen LogP contribution is -2.36. The van der Waals surface area contributed by atoms with Crippen molar-refractivity contribution in [2.24, 2.45) is 0 Å². The van der Waals surface area contributed by atoms with E-state index >= 15 is 0 Å². The third-order valence-electron chi connectivity index (χ3n) is 4.35. The molecule has 0 unspecified atom stereocenters. The molecule has 0 saturated carbocycles. The molecular weight excluding hydrogens is 338 g/mol. The molecule has 2 aromatic heterocycles. The highest BCUT2D eigenvalue weighted by molar-refractivity contribution is 7.12. The van der Waals surface area contributed by atoms with Gasteiger partial charge in [0.1, 0.15) is 11.5 Å². The summed E-state index contributed by atoms with van der Waals surface area (Å²) >= 11 is 1.39. The number of aromatic nitrogens is 4. The Hall–Kier alpha value is -2.74. The fourth-order valence-corrected chi connectivity index (χ4v) is 3.85. The minimum Gasteiger partial charge on any atom is -0.348 e. The van der Waals surface area contributed by atoms with Crippen LogP contribution in [0.5, 0.6) is 0 Å². The van der Waals surface area contributed by atoms with Gasteiger partial charge in [-0.05, 0) is 58.3 Å². The molecule has 1 aromatic carbocycles. The van der Waals surface area contributed by atoms with Gasteiger partial charge in [0.05, 0.1) is 6.04 Å². The maximum atomic E-state index is 12.4. The third-order valence-corrected chi connectivity index (χ3v) is 5.20. The first-order valence-electron chi connectivity index (χ1n) is 8.16. The lowest BCUT2D eigenvalue weighted by Gasteiger charge is -2.26. The highest BCUT2D eigenvalue weighted by atomic mass is 32.1. The Kier molecular flexibility index (Phi) is 4.19. The van der Waals surface area contributed by atoms with Crippen molar-refractivity contribution in [2.75, 3.05) is 0 Å². The molecule has 25 heavy (non-hydrogen) atoms. The number of hydrogen-bond acceptors (Lipinski definition) is 5. The predicted octanol–water partition coefficient (Wildman–Crippen LogP) is 1.68. The zero-order valence-corrected chi connectivity index (χ0v) is 14.3. The van der Waals surface area contributed by atoms with Crippen LogP contribution in [0.25, 0.3) is 5.00 Å². The Labute approximate surface area is 147 Å². The lowest BCUT2D eigenvalue weighted by molar-refractivity contribution is -0.122. The Morgan fingerprint density at radius 2 is 2.12 bits per heavy atom. The molecule has 1 aliphatic carbocycles. The largest absolute Gasteiger partial charge is 0.369 e. The number of rotatable bonds is 4. The van der Waals surface area contributed by atoms with Gasteiger partial charge in [-0.3, -0.25) is 4.79 Å². The fourth-order valence-electron chi connectivity index (χ4n) is 3.18. The number of amides is 1. The smallest absolute Gasteiger partial charge is 0.348 e. The zero-order chi connectivity index (χ0) is 17.2. The molecule has 1 amide bonds. The summed E-state index contributed by atoms with van der Waals surface area (Å²) in [5.74, 6) is -0.234. The van der Waals surface area contributed by atoms with E-state index in [1.165, 1.54) is 21.6 Å². The Morgan fingerprint density at radius 1 is 1.24 bits per heavy atom. The zero-order valence-electron chi connectivity index (χ0n) is 13.5. The first-order valence-corrected chi connectivity index (χ1v) is 9.04. The highest BCUT2D eigenvalue weighted by Crippen LogP contribution is 2.29. The summed E-state index contributed by atoms with van der Waals surface area (Å²) in [4.78, 5) is 24.7. The number of aryl methyl sites for hydroxylation is 1. The molecule has 2 heterocycles. The molecule has 0 fully saturated rings. The van der Waals surface area contributed by atoms with Gasteiger partial charge in [-0.1, -0.05) is 24.3 Å². The summed E-state index contributed by atoms with van der Waals surface area (Å²) in [6.45, 7) is -0.136. The van der Waals surface area contributed by atoms with Gasteiger partial charge in [-0.2, -0.15) is 9.36 Å². The number of nitrogens with zero attached hydrogens (tertiary/aromatic N) is 4. The molecule has 1 aliphatic rings. The number of nitrogens with one attached hydrogen (secondary N) is 1. The Bertz CT molecular complexity index is 944. The van der Waals surface area contributed by atoms with Crippen LogP contribution in [0.3, 0.4) is 0 Å². The molecule has 0 aliphatic heterocycles. The van der Waals surface area contributed by atoms with Gasteiger partial charge in [0.2, 0.25) is 5.91 Å². The second-order valence-corrected chi connectivity index (χ2v) is 6.92. The molecule has 3 aromatic rings. The molecule has 0 bridgehead atoms. The quantitative estimate of drug-likeness (QED) is 0.772. The first-order chi connectivity index (χ1) is 12.2. The second-order valence-electron chi connectivity index (χ2n) is 5.99. The van der Waals surface area contributed by atoms with Gasteiger partial charge < -0.3 is 5.32 Å². The molecule has 1 atom stereocenters. The molecule has 128 valence electrons. The number of fused-ring (bicyclic) bond motifs is 1. The molecule has 0 radical (unpaired) electrons. The number of benzene rings is 1. The SMILES string of the molecule is O=C(Cn1nnn(-c2cccs2)c1=O)N[C@@H]1CCCc2ccccc21. The minimum absolute atomic E-state index is 0.0134. The molecule has 8 heteroatoms. The first kappa shape index (κ1) is 15.8. The van der Waals surface area contributed by atoms with Gasteiger partial charge in [0.15, 0.2) is 0 Å². The Balaban J connectivity index is 1.48. The van der Waals surface area contributed by atoms with Crippen LogP contribution in [-0.2, 0) is 17.8 Å². The number of thiophene rings is 1. The van der Waals surface area contributed by atoms with Crippen molar-refractivity contribution in [2.45, 2.75) is 31.8 Å². The van der Waals surface area contributed by atoms with E-state index in [2.05, 4.69) is 27.9 Å². The fraction of sp³-hybridized carbons (Fsp3) is 0.294. The van der Waals surface area contributed by atoms with Crippen molar-refractivity contribution < 1.29 is 4.79 Å². The van der Waals surface area contributed by atoms with E-state index in [-0.39, 0.29) is 18.5 Å². The lowest BCUT2D eigenvalue weighted by atomic mass is 9.88. The molecular formula is C17H17N5O2S. The molecule has 0 saturated heterocycles. The van der Waals surface area contributed by atoms with Crippen LogP contribution in [0.1, 0.15) is 30.0 Å². The van der Waals surface area contributed by atoms with Crippen LogP contribution >= 0.6 is 11.3 Å². The van der Waals surface area contributed by atoms with E-state index in [0.29, 0.717) is 5.00 Å². The van der Waals surface area contributed by atoms with Gasteiger partial charge in [0, 0.05) is 0 Å². The monoisotopic (exact) mass is 355 g/mol. The summed E-state index contributed by atoms with van der Waals surface area (Å²) in [6, 6.07) is 11.8. The predicted molar refractivity (Wildman–Crippen MR) is 93.8 cm³/mol. The van der Waals surface area contributed by atoms with Crippen molar-refractivity contribution in [1.82, 2.24) is 25.1 Å². The van der Waals surface area contributed by atoms with Crippen LogP contribution in [0, 0.1) is 0 Å². The number of tetrazole rings is 1. The van der Waals surface area contributed by atoms with Gasteiger partial charge in [0.25, 0.3) is 0 Å². The number of hydrogen-bond donors (Lipinski definition) is 1. The van der Waals surface area contributed by atoms with Crippen molar-refractivity contribution in [1.29, 1.82) is 0 Å². The topological polar surface area (TPSA) is 81.8 Å². The van der Waals surface area contributed by atoms with E-state index in [4.69, 9.17) is 0 Å². The van der Waals surface area contributed by atoms with Crippen molar-refractivity contribution in [3.63, 3.8) is 0 Å². The summed E-state index contributed by atoms with van der Waals surface area (Å²) < 4.78 is 2.29. The van der Waals surface area contributed by atoms with Crippen LogP contribution in [0.15, 0.2) is 46.6 Å². The summed E-state index contributed by atoms with van der Waals surface area (Å²) in [5.41, 5.74) is 2.03. The van der Waals surface area contributed by atoms with Gasteiger partial charge in [-0.15, -0.1) is 11.3 Å². The van der Waals surface area contributed by atoms with Crippen molar-refractivity contribution >= 4 is 17.2 Å². The third kappa shape index (κ3) is 3.12. The van der Waals surface area contributed by atoms with Crippen LogP contribution < -0.4 is 11.0 Å². The standard InChI is InChI=1S/C17H17N5O2S/c23-15(18-14-8-3-6-12-5-1-2-7-13(12)14)11-21-17(24)22(20-19-21)16-9-4-10-25-16/h1-2,4-5,7,9-10,14H,3,6,8,11H2,(H,18,23)/t14-/m1/s1. The molecule has 7 nitrogen and oxygen atoms in total. The van der Waals surface area contributed by atoms with E-state index in [0.717, 1.165) is 29.5 Å². The summed E-state index contributed by atoms with van der Waals surface area (Å²) in [5, 5.41) is 13.2. The Morgan fingerprint density at radius 3 is 2.96 bits per heavy atom. The van der Waals surface area contributed by atoms with Crippen LogP contribution in [0.2, 0.25) is 0 Å². The normalized spacial score (nSPS) is 16.4. The van der Waals surface area contributed by atoms with Gasteiger partial charge >= 0.3 is 5.69 Å². The van der Waals surface area contributed by atoms with E-state index in [9.17, 15) is 9.59 Å². The van der Waals surface area contributed by atoms with E-state index < -0.39 is 5.69 Å². The van der Waals surface area contributed by atoms with Gasteiger partial charge in [-0.25, -0.2) is 4.79 Å². The highest BCUT2D eigenvalue weighted by Gasteiger charge is 2.22. The average Bonchev–Trinajstić information content (AvgIpc) is 3.26. The summed E-state index contributed by atoms with van der Waals surface area (Å²) in [6.07, 6.45) is 2.98. The van der Waals surface area contributed by atoms with E-state index in [1.54, 1.807) is 6.07 Å². The van der Waals surface area contributed by atoms with Crippen molar-refractivity contribution in [3.8, 4) is 5.00 Å². The van der Waals surface area contributed by atoms with E-state index in [1.807, 2.05) is 23.6 Å². The summed E-state index contributed by atoms with van der Waals surface area (Å²) in [7, 11) is 0. The minimum atomic E-state index is -0.415.